The zero-order valence-corrected chi connectivity index (χ0v) is 16.1. The Morgan fingerprint density at radius 2 is 1.76 bits per heavy atom. The van der Waals surface area contributed by atoms with Crippen LogP contribution in [-0.4, -0.2) is 18.2 Å². The Morgan fingerprint density at radius 3 is 2.48 bits per heavy atom. The number of hydrogen-bond donors (Lipinski definition) is 3. The Kier molecular flexibility index (Phi) is 6.29. The molecule has 1 aliphatic heterocycles. The van der Waals surface area contributed by atoms with Crippen LogP contribution in [0.15, 0.2) is 42.5 Å². The van der Waals surface area contributed by atoms with Crippen LogP contribution in [-0.2, 0) is 13.1 Å². The normalized spacial score (nSPS) is 14.5. The molecule has 3 nitrogen and oxygen atoms in total. The second kappa shape index (κ2) is 8.65. The second-order valence-corrected chi connectivity index (χ2v) is 7.49. The summed E-state index contributed by atoms with van der Waals surface area (Å²) in [4.78, 5) is 1.70. The number of rotatable bonds is 5. The van der Waals surface area contributed by atoms with Gasteiger partial charge < -0.3 is 15.5 Å². The molecule has 1 fully saturated rings. The van der Waals surface area contributed by atoms with Crippen molar-refractivity contribution in [2.24, 2.45) is 0 Å². The maximum atomic E-state index is 6.14. The molecule has 0 bridgehead atoms. The number of anilines is 1. The van der Waals surface area contributed by atoms with Gasteiger partial charge in [0.1, 0.15) is 6.54 Å². The van der Waals surface area contributed by atoms with Crippen molar-refractivity contribution in [1.82, 2.24) is 5.32 Å². The highest BCUT2D eigenvalue weighted by Crippen LogP contribution is 2.22. The Bertz CT molecular complexity index is 724. The van der Waals surface area contributed by atoms with E-state index in [0.717, 1.165) is 22.8 Å². The molecule has 0 aliphatic carbocycles. The smallest absolute Gasteiger partial charge is 0.171 e. The van der Waals surface area contributed by atoms with E-state index in [1.165, 1.54) is 37.1 Å². The number of hydrogen-bond acceptors (Lipinski definition) is 1. The molecule has 1 saturated heterocycles. The lowest BCUT2D eigenvalue weighted by atomic mass is 10.1. The Hall–Kier alpha value is -1.62. The number of benzene rings is 2. The number of likely N-dealkylation sites (tertiary alicyclic amines) is 1. The van der Waals surface area contributed by atoms with Crippen molar-refractivity contribution in [1.29, 1.82) is 0 Å². The fourth-order valence-electron chi connectivity index (χ4n) is 3.21. The maximum absolute atomic E-state index is 6.14. The molecule has 1 aliphatic rings. The predicted molar refractivity (Wildman–Crippen MR) is 109 cm³/mol. The number of nitrogens with one attached hydrogen (secondary N) is 3. The van der Waals surface area contributed by atoms with E-state index in [-0.39, 0.29) is 0 Å². The van der Waals surface area contributed by atoms with E-state index in [0.29, 0.717) is 11.7 Å². The van der Waals surface area contributed by atoms with Crippen LogP contribution in [0.2, 0.25) is 5.02 Å². The number of thiocarbonyl (C=S) groups is 1. The Balaban J connectivity index is 1.49. The highest BCUT2D eigenvalue weighted by atomic mass is 35.5. The molecular weight excluding hydrogens is 350 g/mol. The standard InChI is InChI=1S/C20H24ClN3S/c1-15-18(21)5-4-6-19(15)23-20(25)22-13-16-7-9-17(10-8-16)14-24-11-2-3-12-24/h4-10H,2-3,11-14H2,1H3,(H2,22,23,25)/p+1. The van der Waals surface area contributed by atoms with E-state index in [4.69, 9.17) is 23.8 Å². The molecule has 0 spiro atoms. The first-order valence-corrected chi connectivity index (χ1v) is 9.62. The fourth-order valence-corrected chi connectivity index (χ4v) is 3.56. The first kappa shape index (κ1) is 18.2. The van der Waals surface area contributed by atoms with Gasteiger partial charge >= 0.3 is 0 Å². The van der Waals surface area contributed by atoms with Crippen molar-refractivity contribution < 1.29 is 4.90 Å². The van der Waals surface area contributed by atoms with Crippen LogP contribution in [0.4, 0.5) is 5.69 Å². The van der Waals surface area contributed by atoms with Gasteiger partial charge in [-0.1, -0.05) is 41.9 Å². The molecule has 0 amide bonds. The summed E-state index contributed by atoms with van der Waals surface area (Å²) >= 11 is 11.5. The van der Waals surface area contributed by atoms with Crippen LogP contribution in [0.3, 0.4) is 0 Å². The van der Waals surface area contributed by atoms with Gasteiger partial charge in [0.05, 0.1) is 13.1 Å². The third-order valence-electron chi connectivity index (χ3n) is 4.76. The van der Waals surface area contributed by atoms with Gasteiger partial charge in [-0.15, -0.1) is 0 Å². The van der Waals surface area contributed by atoms with Crippen molar-refractivity contribution in [3.8, 4) is 0 Å². The molecule has 0 aromatic heterocycles. The van der Waals surface area contributed by atoms with Crippen LogP contribution in [0, 0.1) is 6.92 Å². The molecule has 0 saturated carbocycles. The highest BCUT2D eigenvalue weighted by Gasteiger charge is 2.15. The summed E-state index contributed by atoms with van der Waals surface area (Å²) in [5.74, 6) is 0. The minimum atomic E-state index is 0.607. The van der Waals surface area contributed by atoms with Gasteiger partial charge in [-0.05, 0) is 42.4 Å². The lowest BCUT2D eigenvalue weighted by Gasteiger charge is -2.14. The van der Waals surface area contributed by atoms with Gasteiger partial charge in [0, 0.05) is 35.7 Å². The molecule has 3 N–H and O–H groups in total. The molecule has 0 atom stereocenters. The monoisotopic (exact) mass is 374 g/mol. The van der Waals surface area contributed by atoms with Gasteiger partial charge in [-0.25, -0.2) is 0 Å². The summed E-state index contributed by atoms with van der Waals surface area (Å²) in [5.41, 5.74) is 4.58. The van der Waals surface area contributed by atoms with E-state index in [1.54, 1.807) is 4.90 Å². The van der Waals surface area contributed by atoms with Crippen molar-refractivity contribution in [3.05, 3.63) is 64.2 Å². The van der Waals surface area contributed by atoms with Crippen molar-refractivity contribution in [2.45, 2.75) is 32.9 Å². The van der Waals surface area contributed by atoms with Crippen LogP contribution >= 0.6 is 23.8 Å². The third kappa shape index (κ3) is 5.18. The van der Waals surface area contributed by atoms with Crippen molar-refractivity contribution in [2.75, 3.05) is 18.4 Å². The van der Waals surface area contributed by atoms with E-state index < -0.39 is 0 Å². The van der Waals surface area contributed by atoms with E-state index >= 15 is 0 Å². The lowest BCUT2D eigenvalue weighted by Crippen LogP contribution is -3.08. The van der Waals surface area contributed by atoms with Gasteiger partial charge in [-0.2, -0.15) is 0 Å². The summed E-state index contributed by atoms with van der Waals surface area (Å²) in [6.07, 6.45) is 2.74. The average Bonchev–Trinajstić information content (AvgIpc) is 3.11. The van der Waals surface area contributed by atoms with Crippen molar-refractivity contribution in [3.63, 3.8) is 0 Å². The number of halogens is 1. The van der Waals surface area contributed by atoms with Gasteiger partial charge in [0.25, 0.3) is 0 Å². The largest absolute Gasteiger partial charge is 0.358 e. The van der Waals surface area contributed by atoms with Crippen LogP contribution < -0.4 is 15.5 Å². The SMILES string of the molecule is Cc1c(Cl)cccc1NC(=S)NCc1ccc(C[NH+]2CCCC2)cc1. The van der Waals surface area contributed by atoms with E-state index in [1.807, 2.05) is 25.1 Å². The van der Waals surface area contributed by atoms with Gasteiger partial charge in [0.2, 0.25) is 0 Å². The number of quaternary nitrogens is 1. The highest BCUT2D eigenvalue weighted by molar-refractivity contribution is 7.80. The molecule has 25 heavy (non-hydrogen) atoms. The first-order chi connectivity index (χ1) is 12.1. The van der Waals surface area contributed by atoms with Crippen LogP contribution in [0.1, 0.15) is 29.5 Å². The molecular formula is C20H25ClN3S+. The summed E-state index contributed by atoms with van der Waals surface area (Å²) in [5, 5.41) is 7.82. The minimum Gasteiger partial charge on any atom is -0.358 e. The molecule has 1 heterocycles. The first-order valence-electron chi connectivity index (χ1n) is 8.83. The molecule has 0 radical (unpaired) electrons. The molecule has 5 heteroatoms. The maximum Gasteiger partial charge on any atom is 0.171 e. The third-order valence-corrected chi connectivity index (χ3v) is 5.41. The predicted octanol–water partition coefficient (Wildman–Crippen LogP) is 3.31. The average molecular weight is 375 g/mol. The molecule has 2 aromatic carbocycles. The summed E-state index contributed by atoms with van der Waals surface area (Å²) in [6.45, 7) is 6.46. The molecule has 0 unspecified atom stereocenters. The quantitative estimate of drug-likeness (QED) is 0.701. The van der Waals surface area contributed by atoms with E-state index in [9.17, 15) is 0 Å². The van der Waals surface area contributed by atoms with Crippen LogP contribution in [0.5, 0.6) is 0 Å². The lowest BCUT2D eigenvalue weighted by molar-refractivity contribution is -0.901. The molecule has 3 rings (SSSR count). The van der Waals surface area contributed by atoms with Gasteiger partial charge in [0.15, 0.2) is 5.11 Å². The summed E-state index contributed by atoms with van der Waals surface area (Å²) < 4.78 is 0. The van der Waals surface area contributed by atoms with E-state index in [2.05, 4.69) is 34.9 Å². The summed E-state index contributed by atoms with van der Waals surface area (Å²) in [7, 11) is 0. The molecule has 2 aromatic rings. The Labute approximate surface area is 160 Å². The van der Waals surface area contributed by atoms with Crippen LogP contribution in [0.25, 0.3) is 0 Å². The zero-order chi connectivity index (χ0) is 17.6. The summed E-state index contributed by atoms with van der Waals surface area (Å²) in [6, 6.07) is 14.6. The topological polar surface area (TPSA) is 28.5 Å². The Morgan fingerprint density at radius 1 is 1.08 bits per heavy atom. The van der Waals surface area contributed by atoms with Gasteiger partial charge in [-0.3, -0.25) is 0 Å². The molecule has 132 valence electrons. The van der Waals surface area contributed by atoms with Crippen molar-refractivity contribution >= 4 is 34.6 Å². The minimum absolute atomic E-state index is 0.607. The zero-order valence-electron chi connectivity index (χ0n) is 14.6. The second-order valence-electron chi connectivity index (χ2n) is 6.67. The fraction of sp³-hybridized carbons (Fsp3) is 0.350.